The third-order valence-corrected chi connectivity index (χ3v) is 11.9. The van der Waals surface area contributed by atoms with Crippen LogP contribution in [0, 0.1) is 17.8 Å². The van der Waals surface area contributed by atoms with Gasteiger partial charge in [-0.2, -0.15) is 0 Å². The van der Waals surface area contributed by atoms with Crippen LogP contribution in [0.5, 0.6) is 5.75 Å². The minimum absolute atomic E-state index is 0.0245. The summed E-state index contributed by atoms with van der Waals surface area (Å²) in [5, 5.41) is 40.1. The van der Waals surface area contributed by atoms with E-state index in [1.165, 1.54) is 17.4 Å². The van der Waals surface area contributed by atoms with Crippen LogP contribution in [0.4, 0.5) is 0 Å². The smallest absolute Gasteiger partial charge is 0.326 e. The highest BCUT2D eigenvalue weighted by molar-refractivity contribution is 5.94. The van der Waals surface area contributed by atoms with Crippen molar-refractivity contribution in [3.05, 3.63) is 83.9 Å². The Kier molecular flexibility index (Phi) is 18.4. The average Bonchev–Trinajstić information content (AvgIpc) is 4.00. The van der Waals surface area contributed by atoms with Gasteiger partial charge in [-0.3, -0.25) is 33.8 Å². The Morgan fingerprint density at radius 1 is 0.833 bits per heavy atom. The van der Waals surface area contributed by atoms with Gasteiger partial charge in [0.05, 0.1) is 18.8 Å². The summed E-state index contributed by atoms with van der Waals surface area (Å²) in [5.74, 6) is -6.41. The van der Waals surface area contributed by atoms with E-state index in [1.54, 1.807) is 54.6 Å². The number of aliphatic carboxylic acids is 2. The van der Waals surface area contributed by atoms with Crippen molar-refractivity contribution in [3.63, 3.8) is 0 Å². The Balaban J connectivity index is 1.32. The van der Waals surface area contributed by atoms with Gasteiger partial charge in [-0.1, -0.05) is 42.5 Å². The van der Waals surface area contributed by atoms with Crippen LogP contribution in [0.2, 0.25) is 0 Å². The lowest BCUT2D eigenvalue weighted by Crippen LogP contribution is -2.57. The maximum atomic E-state index is 14.5. The lowest BCUT2D eigenvalue weighted by molar-refractivity contribution is -0.145. The number of imidazole rings is 1. The molecule has 1 aromatic heterocycles. The van der Waals surface area contributed by atoms with Gasteiger partial charge < -0.3 is 63.7 Å². The highest BCUT2D eigenvalue weighted by Gasteiger charge is 2.41. The second kappa shape index (κ2) is 24.3. The molecular weight excluding hydrogens is 855 g/mol. The molecule has 356 valence electrons. The van der Waals surface area contributed by atoms with Gasteiger partial charge in [0.25, 0.3) is 0 Å². The average molecular weight is 916 g/mol. The van der Waals surface area contributed by atoms with Crippen LogP contribution in [0.1, 0.15) is 68.2 Å². The molecule has 2 fully saturated rings. The number of phenols is 1. The minimum atomic E-state index is -1.40. The molecule has 1 saturated heterocycles. The number of H-pyrrole nitrogens is 1. The van der Waals surface area contributed by atoms with Gasteiger partial charge in [-0.25, -0.2) is 9.78 Å². The number of carbonyl (C=O) groups excluding carboxylic acids is 5. The van der Waals surface area contributed by atoms with Crippen molar-refractivity contribution < 1.29 is 48.9 Å². The number of likely N-dealkylation sites (tertiary alicyclic amines) is 1. The van der Waals surface area contributed by atoms with Crippen LogP contribution < -0.4 is 38.5 Å². The number of aromatic amines is 1. The number of carboxylic acid groups (broad SMARTS) is 2. The summed E-state index contributed by atoms with van der Waals surface area (Å²) < 4.78 is 0. The number of carbonyl (C=O) groups is 7. The molecule has 0 spiro atoms. The minimum Gasteiger partial charge on any atom is -0.508 e. The molecular formula is C45H61N11O10. The molecule has 3 aromatic rings. The fourth-order valence-corrected chi connectivity index (χ4v) is 8.70. The van der Waals surface area contributed by atoms with E-state index in [0.717, 1.165) is 5.56 Å². The standard InChI is InChI=1S/C45H61N11O10/c46-33(22-38(58)59)40(61)53-34(8-4-14-50-45(47)48)41(62)51-23-29-17-28(16-27-10-12-32(57)13-11-27)18-30(19-29)39(60)54-35(21-31-24-49-25-52-31)43(64)56-15-5-9-37(56)42(63)55-36(44(65)66)20-26-6-2-1-3-7-26/h1-3,6-7,10-13,24-25,28-30,33-37,57H,4-5,8-9,14-23,46H2,(H,49,52)(H,51,62)(H,53,61)(H,54,60)(H,55,63)(H,58,59)(H,65,66)(H4,47,48,50)/t28-,29+,30-,33-,34-,35-,36-,37-/m0/s1. The molecule has 5 rings (SSSR count). The number of aromatic nitrogens is 2. The zero-order chi connectivity index (χ0) is 47.8. The molecule has 1 saturated carbocycles. The number of benzene rings is 2. The number of hydrogen-bond donors (Lipinski definition) is 11. The highest BCUT2D eigenvalue weighted by Crippen LogP contribution is 2.36. The number of aliphatic imine (C=N–C) groups is 1. The Labute approximate surface area is 381 Å². The van der Waals surface area contributed by atoms with E-state index in [0.29, 0.717) is 56.2 Å². The number of nitrogens with zero attached hydrogens (tertiary/aromatic N) is 3. The van der Waals surface area contributed by atoms with E-state index in [4.69, 9.17) is 22.3 Å². The van der Waals surface area contributed by atoms with Crippen LogP contribution in [-0.4, -0.2) is 127 Å². The SMILES string of the molecule is NC(N)=NCCC[C@H](NC(=O)[C@@H](N)CC(=O)O)C(=O)NC[C@@H]1C[C@H](Cc2ccc(O)cc2)C[C@H](C(=O)N[C@@H](Cc2cnc[nH]2)C(=O)N2CCC[C@H]2C(=O)N[C@@H](Cc2ccccc2)C(=O)O)C1. The first kappa shape index (κ1) is 50.0. The number of nitrogens with one attached hydrogen (secondary N) is 5. The molecule has 8 atom stereocenters. The normalized spacial score (nSPS) is 19.9. The van der Waals surface area contributed by atoms with E-state index in [2.05, 4.69) is 36.2 Å². The van der Waals surface area contributed by atoms with E-state index in [-0.39, 0.29) is 62.4 Å². The van der Waals surface area contributed by atoms with Gasteiger partial charge in [0, 0.05) is 50.3 Å². The summed E-state index contributed by atoms with van der Waals surface area (Å²) in [6, 6.07) is 9.77. The number of hydrogen-bond acceptors (Lipinski definition) is 11. The Hall–Kier alpha value is -7.03. The van der Waals surface area contributed by atoms with Gasteiger partial charge in [0.1, 0.15) is 29.9 Å². The lowest BCUT2D eigenvalue weighted by atomic mass is 9.72. The van der Waals surface area contributed by atoms with Crippen molar-refractivity contribution in [3.8, 4) is 5.75 Å². The summed E-state index contributed by atoms with van der Waals surface area (Å²) in [7, 11) is 0. The zero-order valence-electron chi connectivity index (χ0n) is 36.6. The predicted octanol–water partition coefficient (Wildman–Crippen LogP) is -0.322. The second-order valence-corrected chi connectivity index (χ2v) is 17.1. The molecule has 2 aromatic carbocycles. The quantitative estimate of drug-likeness (QED) is 0.0330. The lowest BCUT2D eigenvalue weighted by Gasteiger charge is -2.36. The Morgan fingerprint density at radius 2 is 1.55 bits per heavy atom. The Bertz CT molecular complexity index is 2150. The molecule has 0 radical (unpaired) electrons. The van der Waals surface area contributed by atoms with Crippen molar-refractivity contribution in [2.45, 2.75) is 101 Å². The maximum absolute atomic E-state index is 14.5. The number of carboxylic acids is 2. The largest absolute Gasteiger partial charge is 0.508 e. The number of guanidine groups is 1. The summed E-state index contributed by atoms with van der Waals surface area (Å²) in [6.45, 7) is 0.486. The van der Waals surface area contributed by atoms with Crippen molar-refractivity contribution in [1.82, 2.24) is 36.1 Å². The topological polar surface area (TPSA) is 351 Å². The number of rotatable bonds is 23. The van der Waals surface area contributed by atoms with Crippen LogP contribution >= 0.6 is 0 Å². The summed E-state index contributed by atoms with van der Waals surface area (Å²) in [6.07, 6.45) is 5.47. The molecule has 2 aliphatic rings. The van der Waals surface area contributed by atoms with Crippen LogP contribution in [0.15, 0.2) is 72.1 Å². The van der Waals surface area contributed by atoms with Gasteiger partial charge in [-0.05, 0) is 86.5 Å². The van der Waals surface area contributed by atoms with Crippen LogP contribution in [0.3, 0.4) is 0 Å². The number of nitrogens with two attached hydrogens (primary N) is 3. The van der Waals surface area contributed by atoms with Crippen molar-refractivity contribution in [2.75, 3.05) is 19.6 Å². The number of aromatic hydroxyl groups is 1. The molecule has 14 N–H and O–H groups in total. The van der Waals surface area contributed by atoms with Crippen molar-refractivity contribution >= 4 is 47.4 Å². The summed E-state index contributed by atoms with van der Waals surface area (Å²) >= 11 is 0. The van der Waals surface area contributed by atoms with Gasteiger partial charge >= 0.3 is 11.9 Å². The van der Waals surface area contributed by atoms with Crippen LogP contribution in [0.25, 0.3) is 0 Å². The van der Waals surface area contributed by atoms with E-state index < -0.39 is 84.0 Å². The maximum Gasteiger partial charge on any atom is 0.326 e. The third kappa shape index (κ3) is 15.3. The summed E-state index contributed by atoms with van der Waals surface area (Å²) in [5.41, 5.74) is 18.8. The molecule has 1 aliphatic heterocycles. The molecule has 2 heterocycles. The van der Waals surface area contributed by atoms with Crippen molar-refractivity contribution in [1.29, 1.82) is 0 Å². The predicted molar refractivity (Wildman–Crippen MR) is 240 cm³/mol. The first-order valence-corrected chi connectivity index (χ1v) is 22.1. The fourth-order valence-electron chi connectivity index (χ4n) is 8.70. The highest BCUT2D eigenvalue weighted by atomic mass is 16.4. The number of phenolic OH excluding ortho intramolecular Hbond substituents is 1. The van der Waals surface area contributed by atoms with Gasteiger partial charge in [0.2, 0.25) is 29.5 Å². The zero-order valence-corrected chi connectivity index (χ0v) is 36.6. The molecule has 21 heteroatoms. The van der Waals surface area contributed by atoms with E-state index in [1.807, 2.05) is 0 Å². The molecule has 66 heavy (non-hydrogen) atoms. The van der Waals surface area contributed by atoms with Crippen LogP contribution in [-0.2, 0) is 52.8 Å². The van der Waals surface area contributed by atoms with Gasteiger partial charge in [0.15, 0.2) is 5.96 Å². The van der Waals surface area contributed by atoms with E-state index >= 15 is 0 Å². The summed E-state index contributed by atoms with van der Waals surface area (Å²) in [4.78, 5) is 105. The van der Waals surface area contributed by atoms with Gasteiger partial charge in [-0.15, -0.1) is 0 Å². The van der Waals surface area contributed by atoms with E-state index in [9.17, 15) is 43.8 Å². The molecule has 21 nitrogen and oxygen atoms in total. The second-order valence-electron chi connectivity index (χ2n) is 17.1. The third-order valence-electron chi connectivity index (χ3n) is 11.9. The molecule has 0 unspecified atom stereocenters. The first-order chi connectivity index (χ1) is 31.6. The first-order valence-electron chi connectivity index (χ1n) is 22.1. The van der Waals surface area contributed by atoms with Crippen molar-refractivity contribution in [2.24, 2.45) is 39.9 Å². The molecule has 5 amide bonds. The molecule has 1 aliphatic carbocycles. The number of amides is 5. The Morgan fingerprint density at radius 3 is 2.21 bits per heavy atom. The monoisotopic (exact) mass is 915 g/mol. The fraction of sp³-hybridized carbons (Fsp3) is 0.489. The molecule has 0 bridgehead atoms.